The van der Waals surface area contributed by atoms with Crippen LogP contribution in [0.3, 0.4) is 0 Å². The van der Waals surface area contributed by atoms with Gasteiger partial charge < -0.3 is 14.8 Å². The van der Waals surface area contributed by atoms with Crippen molar-refractivity contribution < 1.29 is 22.6 Å². The Hall–Kier alpha value is -4.59. The molecular formula is C31H24F3N3O2. The van der Waals surface area contributed by atoms with E-state index in [9.17, 15) is 13.2 Å². The minimum absolute atomic E-state index is 0.132. The molecule has 0 saturated carbocycles. The Balaban J connectivity index is 1.35. The predicted molar refractivity (Wildman–Crippen MR) is 145 cm³/mol. The van der Waals surface area contributed by atoms with Gasteiger partial charge in [0, 0.05) is 0 Å². The highest BCUT2D eigenvalue weighted by Gasteiger charge is 2.33. The van der Waals surface area contributed by atoms with Gasteiger partial charge >= 0.3 is 6.18 Å². The highest BCUT2D eigenvalue weighted by molar-refractivity contribution is 6.04. The summed E-state index contributed by atoms with van der Waals surface area (Å²) in [5.41, 5.74) is 3.22. The molecule has 0 radical (unpaired) electrons. The Morgan fingerprint density at radius 1 is 0.615 bits per heavy atom. The third kappa shape index (κ3) is 5.23. The zero-order chi connectivity index (χ0) is 26.8. The van der Waals surface area contributed by atoms with Gasteiger partial charge in [0.25, 0.3) is 0 Å². The average molecular weight is 528 g/mol. The molecule has 0 saturated heterocycles. The number of nitrogens with zero attached hydrogens (tertiary/aromatic N) is 2. The smallest absolute Gasteiger partial charge is 0.416 e. The van der Waals surface area contributed by atoms with Gasteiger partial charge in [-0.15, -0.1) is 0 Å². The highest BCUT2D eigenvalue weighted by atomic mass is 19.4. The molecule has 196 valence electrons. The van der Waals surface area contributed by atoms with Gasteiger partial charge in [0.05, 0.1) is 28.1 Å². The molecule has 6 rings (SSSR count). The van der Waals surface area contributed by atoms with Crippen molar-refractivity contribution in [3.8, 4) is 0 Å². The van der Waals surface area contributed by atoms with Crippen LogP contribution < -0.4 is 5.32 Å². The molecule has 39 heavy (non-hydrogen) atoms. The average Bonchev–Trinajstić information content (AvgIpc) is 3.65. The Morgan fingerprint density at radius 2 is 1.13 bits per heavy atom. The third-order valence-electron chi connectivity index (χ3n) is 6.67. The zero-order valence-electron chi connectivity index (χ0n) is 20.7. The van der Waals surface area contributed by atoms with Gasteiger partial charge in [-0.25, -0.2) is 9.98 Å². The lowest BCUT2D eigenvalue weighted by Crippen LogP contribution is -2.12. The number of hydrogen-bond donors (Lipinski definition) is 1. The minimum atomic E-state index is -4.51. The molecule has 0 aromatic heterocycles. The zero-order valence-corrected chi connectivity index (χ0v) is 20.7. The van der Waals surface area contributed by atoms with Crippen molar-refractivity contribution in [3.05, 3.63) is 131 Å². The van der Waals surface area contributed by atoms with Gasteiger partial charge in [0.1, 0.15) is 25.3 Å². The van der Waals surface area contributed by atoms with Crippen LogP contribution in [-0.4, -0.2) is 25.0 Å². The summed E-state index contributed by atoms with van der Waals surface area (Å²) >= 11 is 0. The second-order valence-electron chi connectivity index (χ2n) is 9.27. The van der Waals surface area contributed by atoms with Crippen molar-refractivity contribution in [2.24, 2.45) is 9.98 Å². The summed E-state index contributed by atoms with van der Waals surface area (Å²) in [5.74, 6) is 0.632. The Kier molecular flexibility index (Phi) is 6.52. The lowest BCUT2D eigenvalue weighted by atomic mass is 10.1. The van der Waals surface area contributed by atoms with Gasteiger partial charge in [0.2, 0.25) is 11.8 Å². The molecule has 1 N–H and O–H groups in total. The molecular weight excluding hydrogens is 503 g/mol. The second kappa shape index (κ2) is 10.3. The van der Waals surface area contributed by atoms with Gasteiger partial charge in [0.15, 0.2) is 0 Å². The molecule has 2 aliphatic rings. The number of ether oxygens (including phenoxy) is 2. The van der Waals surface area contributed by atoms with E-state index in [4.69, 9.17) is 14.5 Å². The summed E-state index contributed by atoms with van der Waals surface area (Å²) in [6, 6.07) is 29.9. The first kappa shape index (κ1) is 24.7. The van der Waals surface area contributed by atoms with E-state index in [1.807, 2.05) is 84.9 Å². The Morgan fingerprint density at radius 3 is 1.72 bits per heavy atom. The first-order valence-electron chi connectivity index (χ1n) is 12.5. The number of anilines is 2. The molecule has 2 atom stereocenters. The Labute approximate surface area is 223 Å². The number of nitrogens with one attached hydrogen (secondary N) is 1. The van der Waals surface area contributed by atoms with E-state index in [0.717, 1.165) is 23.3 Å². The van der Waals surface area contributed by atoms with E-state index in [-0.39, 0.29) is 30.2 Å². The van der Waals surface area contributed by atoms with E-state index in [2.05, 4.69) is 10.3 Å². The summed E-state index contributed by atoms with van der Waals surface area (Å²) in [7, 11) is 0. The summed E-state index contributed by atoms with van der Waals surface area (Å²) in [6.45, 7) is 0.655. The monoisotopic (exact) mass is 527 g/mol. The van der Waals surface area contributed by atoms with Crippen molar-refractivity contribution in [1.82, 2.24) is 0 Å². The van der Waals surface area contributed by atoms with Gasteiger partial charge in [-0.3, -0.25) is 0 Å². The number of para-hydroxylation sites is 1. The number of halogens is 3. The maximum Gasteiger partial charge on any atom is 0.416 e. The molecule has 4 aromatic rings. The third-order valence-corrected chi connectivity index (χ3v) is 6.67. The number of aliphatic imine (C=N–C) groups is 2. The minimum Gasteiger partial charge on any atom is -0.475 e. The standard InChI is InChI=1S/C31H24F3N3O2/c32-31(33,34)22-15-16-26(24(17-22)30-37-28(19-39-30)21-11-5-2-6-12-21)35-25-14-8-7-13-23(25)29-36-27(18-38-29)20-9-3-1-4-10-20/h1-17,27-28,35H,18-19H2/t27-,28-/m0/s1. The fraction of sp³-hybridized carbons (Fsp3) is 0.161. The number of alkyl halides is 3. The molecule has 0 bridgehead atoms. The van der Waals surface area contributed by atoms with E-state index in [1.54, 1.807) is 0 Å². The van der Waals surface area contributed by atoms with Gasteiger partial charge in [-0.1, -0.05) is 72.8 Å². The summed E-state index contributed by atoms with van der Waals surface area (Å²) in [6.07, 6.45) is -4.51. The lowest BCUT2D eigenvalue weighted by molar-refractivity contribution is -0.137. The van der Waals surface area contributed by atoms with Crippen LogP contribution >= 0.6 is 0 Å². The van der Waals surface area contributed by atoms with E-state index >= 15 is 0 Å². The fourth-order valence-electron chi connectivity index (χ4n) is 4.66. The molecule has 0 aliphatic carbocycles. The molecule has 2 aliphatic heterocycles. The van der Waals surface area contributed by atoms with Crippen molar-refractivity contribution >= 4 is 23.2 Å². The van der Waals surface area contributed by atoms with Gasteiger partial charge in [-0.2, -0.15) is 13.2 Å². The van der Waals surface area contributed by atoms with Gasteiger partial charge in [-0.05, 0) is 41.5 Å². The predicted octanol–water partition coefficient (Wildman–Crippen LogP) is 7.49. The van der Waals surface area contributed by atoms with Crippen LogP contribution in [0.2, 0.25) is 0 Å². The van der Waals surface area contributed by atoms with Crippen LogP contribution in [0.1, 0.15) is 39.9 Å². The molecule has 8 heteroatoms. The van der Waals surface area contributed by atoms with Crippen LogP contribution in [0.5, 0.6) is 0 Å². The SMILES string of the molecule is FC(F)(F)c1ccc(Nc2ccccc2C2=N[C@H](c3ccccc3)CO2)c(C2=N[C@H](c3ccccc3)CO2)c1. The quantitative estimate of drug-likeness (QED) is 0.283. The van der Waals surface area contributed by atoms with Crippen molar-refractivity contribution in [3.63, 3.8) is 0 Å². The van der Waals surface area contributed by atoms with Crippen molar-refractivity contribution in [2.45, 2.75) is 18.3 Å². The summed E-state index contributed by atoms with van der Waals surface area (Å²) < 4.78 is 52.8. The number of benzene rings is 4. The topological polar surface area (TPSA) is 55.2 Å². The summed E-state index contributed by atoms with van der Waals surface area (Å²) in [5, 5.41) is 3.29. The molecule has 0 fully saturated rings. The van der Waals surface area contributed by atoms with Crippen LogP contribution in [0.25, 0.3) is 0 Å². The normalized spacial score (nSPS) is 18.6. The van der Waals surface area contributed by atoms with E-state index in [0.29, 0.717) is 29.4 Å². The summed E-state index contributed by atoms with van der Waals surface area (Å²) in [4.78, 5) is 9.41. The number of hydrogen-bond acceptors (Lipinski definition) is 5. The lowest BCUT2D eigenvalue weighted by Gasteiger charge is -2.17. The molecule has 2 heterocycles. The van der Waals surface area contributed by atoms with Crippen LogP contribution in [-0.2, 0) is 15.7 Å². The number of rotatable bonds is 6. The first-order valence-corrected chi connectivity index (χ1v) is 12.5. The van der Waals surface area contributed by atoms with E-state index < -0.39 is 11.7 Å². The largest absolute Gasteiger partial charge is 0.475 e. The van der Waals surface area contributed by atoms with Crippen LogP contribution in [0, 0.1) is 0 Å². The first-order chi connectivity index (χ1) is 19.0. The Bertz CT molecular complexity index is 1540. The maximum absolute atomic E-state index is 13.7. The van der Waals surface area contributed by atoms with Crippen molar-refractivity contribution in [2.75, 3.05) is 18.5 Å². The second-order valence-corrected chi connectivity index (χ2v) is 9.27. The molecule has 0 spiro atoms. The van der Waals surface area contributed by atoms with Crippen LogP contribution in [0.15, 0.2) is 113 Å². The van der Waals surface area contributed by atoms with Crippen molar-refractivity contribution in [1.29, 1.82) is 0 Å². The van der Waals surface area contributed by atoms with Crippen LogP contribution in [0.4, 0.5) is 24.5 Å². The fourth-order valence-corrected chi connectivity index (χ4v) is 4.66. The highest BCUT2D eigenvalue weighted by Crippen LogP contribution is 2.36. The molecule has 4 aromatic carbocycles. The van der Waals surface area contributed by atoms with E-state index in [1.165, 1.54) is 6.07 Å². The molecule has 5 nitrogen and oxygen atoms in total. The molecule has 0 amide bonds. The maximum atomic E-state index is 13.7. The molecule has 0 unspecified atom stereocenters.